The summed E-state index contributed by atoms with van der Waals surface area (Å²) in [7, 11) is 7.72. The Morgan fingerprint density at radius 2 is 1.84 bits per heavy atom. The first-order chi connectivity index (χ1) is 24.5. The minimum Gasteiger partial charge on any atom is -0.381 e. The fraction of sp³-hybridized carbons (Fsp3) is 0.550. The minimum atomic E-state index is -0.677. The van der Waals surface area contributed by atoms with Crippen LogP contribution in [0.5, 0.6) is 0 Å². The Bertz CT molecular complexity index is 1810. The number of aryl methyl sites for hydroxylation is 2. The van der Waals surface area contributed by atoms with E-state index in [0.717, 1.165) is 72.9 Å². The molecule has 2 amide bonds. The molecule has 51 heavy (non-hydrogen) atoms. The van der Waals surface area contributed by atoms with Crippen LogP contribution in [0.15, 0.2) is 54.7 Å². The number of rotatable bonds is 10. The van der Waals surface area contributed by atoms with E-state index in [1.807, 2.05) is 11.0 Å². The second kappa shape index (κ2) is 13.9. The van der Waals surface area contributed by atoms with Crippen LogP contribution in [0.4, 0.5) is 0 Å². The first-order valence-electron chi connectivity index (χ1n) is 18.5. The van der Waals surface area contributed by atoms with E-state index in [2.05, 4.69) is 90.7 Å². The molecule has 0 radical (unpaired) electrons. The maximum atomic E-state index is 13.9. The average Bonchev–Trinajstić information content (AvgIpc) is 3.51. The number of likely N-dealkylation sites (tertiary alicyclic amines) is 1. The van der Waals surface area contributed by atoms with Gasteiger partial charge in [-0.25, -0.2) is 0 Å². The summed E-state index contributed by atoms with van der Waals surface area (Å²) in [6.45, 7) is 6.69. The molecule has 8 atom stereocenters. The van der Waals surface area contributed by atoms with Gasteiger partial charge >= 0.3 is 0 Å². The number of nitrogens with one attached hydrogen (secondary N) is 2. The van der Waals surface area contributed by atoms with Crippen molar-refractivity contribution in [2.75, 3.05) is 34.7 Å². The second-order valence-corrected chi connectivity index (χ2v) is 15.9. The number of carbonyl (C=O) groups is 2. The lowest BCUT2D eigenvalue weighted by Gasteiger charge is -2.48. The number of aromatic nitrogens is 4. The summed E-state index contributed by atoms with van der Waals surface area (Å²) >= 11 is 0. The molecule has 268 valence electrons. The van der Waals surface area contributed by atoms with Crippen molar-refractivity contribution in [3.8, 4) is 6.07 Å². The number of piperidine rings is 1. The van der Waals surface area contributed by atoms with E-state index in [1.165, 1.54) is 0 Å². The van der Waals surface area contributed by atoms with Crippen molar-refractivity contribution >= 4 is 11.8 Å². The predicted molar refractivity (Wildman–Crippen MR) is 194 cm³/mol. The Labute approximate surface area is 301 Å². The number of H-pyrrole nitrogens is 1. The van der Waals surface area contributed by atoms with Crippen LogP contribution < -0.4 is 5.32 Å². The fourth-order valence-electron chi connectivity index (χ4n) is 9.72. The highest BCUT2D eigenvalue weighted by Gasteiger charge is 2.55. The van der Waals surface area contributed by atoms with Gasteiger partial charge in [-0.3, -0.25) is 9.59 Å². The van der Waals surface area contributed by atoms with Gasteiger partial charge in [0.1, 0.15) is 6.04 Å². The van der Waals surface area contributed by atoms with Gasteiger partial charge in [0.15, 0.2) is 5.82 Å². The lowest BCUT2D eigenvalue weighted by atomic mass is 9.56. The number of nitrogens with zero attached hydrogens (tertiary/aromatic N) is 7. The Hall–Kier alpha value is -4.56. The molecule has 3 fully saturated rings. The summed E-state index contributed by atoms with van der Waals surface area (Å²) in [5.74, 6) is 1.94. The third-order valence-electron chi connectivity index (χ3n) is 12.5. The predicted octanol–water partition coefficient (Wildman–Crippen LogP) is 4.78. The van der Waals surface area contributed by atoms with Crippen LogP contribution in [0, 0.1) is 41.9 Å². The molecule has 7 rings (SSSR count). The molecule has 0 spiro atoms. The lowest BCUT2D eigenvalue weighted by molar-refractivity contribution is -0.131. The zero-order valence-electron chi connectivity index (χ0n) is 30.6. The van der Waals surface area contributed by atoms with Crippen molar-refractivity contribution in [2.45, 2.75) is 81.8 Å². The molecule has 2 aromatic carbocycles. The maximum Gasteiger partial charge on any atom is 0.253 e. The van der Waals surface area contributed by atoms with Gasteiger partial charge in [-0.1, -0.05) is 47.7 Å². The fourth-order valence-corrected chi connectivity index (χ4v) is 9.72. The number of tetrazole rings is 1. The molecule has 2 heterocycles. The van der Waals surface area contributed by atoms with Gasteiger partial charge in [-0.15, -0.1) is 10.2 Å². The number of aromatic amines is 1. The topological polar surface area (TPSA) is 134 Å². The molecule has 3 aliphatic carbocycles. The molecule has 2 N–H and O–H groups in total. The average molecular weight is 690 g/mol. The van der Waals surface area contributed by atoms with Crippen molar-refractivity contribution < 1.29 is 9.59 Å². The van der Waals surface area contributed by atoms with Crippen LogP contribution in [0.1, 0.15) is 89.4 Å². The van der Waals surface area contributed by atoms with Crippen molar-refractivity contribution in [3.05, 3.63) is 88.4 Å². The highest BCUT2D eigenvalue weighted by molar-refractivity contribution is 5.94. The van der Waals surface area contributed by atoms with Crippen molar-refractivity contribution in [3.63, 3.8) is 0 Å². The third-order valence-corrected chi connectivity index (χ3v) is 12.5. The number of benzene rings is 2. The lowest BCUT2D eigenvalue weighted by Crippen LogP contribution is -2.48. The second-order valence-electron chi connectivity index (χ2n) is 15.9. The van der Waals surface area contributed by atoms with E-state index in [1.54, 1.807) is 19.0 Å². The first kappa shape index (κ1) is 34.9. The third kappa shape index (κ3) is 6.43. The smallest absolute Gasteiger partial charge is 0.253 e. The largest absolute Gasteiger partial charge is 0.381 e. The maximum absolute atomic E-state index is 13.9. The van der Waals surface area contributed by atoms with Crippen LogP contribution in [0.2, 0.25) is 0 Å². The van der Waals surface area contributed by atoms with Crippen LogP contribution in [0.3, 0.4) is 0 Å². The minimum absolute atomic E-state index is 0.0223. The van der Waals surface area contributed by atoms with E-state index in [4.69, 9.17) is 10.2 Å². The summed E-state index contributed by atoms with van der Waals surface area (Å²) in [5, 5.41) is 30.0. The van der Waals surface area contributed by atoms with Crippen LogP contribution in [0.25, 0.3) is 0 Å². The highest BCUT2D eigenvalue weighted by atomic mass is 16.2. The summed E-state index contributed by atoms with van der Waals surface area (Å²) in [4.78, 5) is 32.7. The van der Waals surface area contributed by atoms with Crippen LogP contribution >= 0.6 is 0 Å². The normalized spacial score (nSPS) is 28.4. The van der Waals surface area contributed by atoms with Crippen molar-refractivity contribution in [2.24, 2.45) is 23.7 Å². The Balaban J connectivity index is 1.33. The summed E-state index contributed by atoms with van der Waals surface area (Å²) in [6.07, 6.45) is 7.12. The molecule has 2 saturated carbocycles. The zero-order valence-corrected chi connectivity index (χ0v) is 30.6. The molecular formula is C40H51N9O2. The van der Waals surface area contributed by atoms with E-state index < -0.39 is 5.41 Å². The van der Waals surface area contributed by atoms with E-state index in [-0.39, 0.29) is 42.4 Å². The number of hydrogen-bond acceptors (Lipinski definition) is 8. The molecule has 1 saturated heterocycles. The molecule has 3 aromatic rings. The first-order valence-corrected chi connectivity index (χ1v) is 18.5. The van der Waals surface area contributed by atoms with Crippen molar-refractivity contribution in [1.82, 2.24) is 40.6 Å². The summed E-state index contributed by atoms with van der Waals surface area (Å²) in [5.41, 5.74) is 5.66. The Morgan fingerprint density at radius 1 is 1.06 bits per heavy atom. The quantitative estimate of drug-likeness (QED) is 0.311. The van der Waals surface area contributed by atoms with Gasteiger partial charge in [0.2, 0.25) is 5.91 Å². The Kier molecular flexibility index (Phi) is 9.48. The molecule has 1 aliphatic heterocycles. The molecular weight excluding hydrogens is 639 g/mol. The molecule has 4 aliphatic rings. The highest BCUT2D eigenvalue weighted by Crippen LogP contribution is 2.57. The molecule has 1 aromatic heterocycles. The summed E-state index contributed by atoms with van der Waals surface area (Å²) in [6, 6.07) is 16.7. The number of nitriles is 1. The zero-order chi connectivity index (χ0) is 36.0. The summed E-state index contributed by atoms with van der Waals surface area (Å²) < 4.78 is 0. The molecule has 0 bridgehead atoms. The number of allylic oxidation sites excluding steroid dienone is 1. The molecule has 11 heteroatoms. The van der Waals surface area contributed by atoms with Crippen molar-refractivity contribution in [1.29, 1.82) is 5.26 Å². The SMILES string of the molecule is C=C(C1CCC2[C@@H](CCc3cc(C(=O)N(C)C)ccc3C2(C[C@H](NCC(=O)N2C(C#N)C[C@@H]3C[C@@H]32)c2ccc(C)cc2)c2nn[nH]n2)C1)N(C)C. The number of hydrogen-bond donors (Lipinski definition) is 2. The van der Waals surface area contributed by atoms with Gasteiger partial charge in [-0.2, -0.15) is 10.5 Å². The van der Waals surface area contributed by atoms with Gasteiger partial charge in [0, 0.05) is 51.5 Å². The Morgan fingerprint density at radius 3 is 2.53 bits per heavy atom. The molecule has 11 nitrogen and oxygen atoms in total. The van der Waals surface area contributed by atoms with Gasteiger partial charge in [-0.05, 0) is 111 Å². The van der Waals surface area contributed by atoms with Crippen LogP contribution in [-0.2, 0) is 16.6 Å². The molecule has 4 unspecified atom stereocenters. The van der Waals surface area contributed by atoms with Gasteiger partial charge < -0.3 is 20.0 Å². The van der Waals surface area contributed by atoms with Crippen LogP contribution in [-0.4, -0.2) is 94.0 Å². The van der Waals surface area contributed by atoms with E-state index in [0.29, 0.717) is 35.6 Å². The number of carbonyl (C=O) groups excluding carboxylic acids is 2. The van der Waals surface area contributed by atoms with Gasteiger partial charge in [0.25, 0.3) is 5.91 Å². The number of amides is 2. The standard InChI is InChI=1S/C40H51N9O2/c1-24-7-9-26(10-8-24)35(42-23-37(50)49-32(22-41)19-31-20-36(31)49)21-40(39-43-45-46-44-39)33-15-13-27(25(2)47(3)4)17-28(33)11-12-29-18-30(14-16-34(29)40)38(51)48(5)6/h7-10,14,16,18,27-28,31-33,35-36,42H,2,11-13,15,17,19-21,23H2,1,3-6H3,(H,43,44,45,46)/t27?,28-,31+,32?,33?,35-,36-,40?/m0/s1. The number of fused-ring (bicyclic) bond motifs is 3. The van der Waals surface area contributed by atoms with E-state index in [9.17, 15) is 14.9 Å². The van der Waals surface area contributed by atoms with Gasteiger partial charge in [0.05, 0.1) is 18.0 Å². The van der Waals surface area contributed by atoms with E-state index >= 15 is 0 Å². The monoisotopic (exact) mass is 689 g/mol.